The van der Waals surface area contributed by atoms with E-state index in [1.165, 1.54) is 0 Å². The lowest BCUT2D eigenvalue weighted by Gasteiger charge is -2.33. The van der Waals surface area contributed by atoms with Crippen LogP contribution in [0.4, 0.5) is 0 Å². The van der Waals surface area contributed by atoms with Crippen LogP contribution in [-0.4, -0.2) is 62.8 Å². The smallest absolute Gasteiger partial charge is 0.0589 e. The summed E-state index contributed by atoms with van der Waals surface area (Å²) >= 11 is 0. The fourth-order valence-electron chi connectivity index (χ4n) is 1.02. The number of methoxy groups -OCH3 is 1. The third-order valence-electron chi connectivity index (χ3n) is 2.64. The van der Waals surface area contributed by atoms with Crippen LogP contribution in [-0.2, 0) is 4.74 Å². The van der Waals surface area contributed by atoms with E-state index in [1.54, 1.807) is 7.11 Å². The summed E-state index contributed by atoms with van der Waals surface area (Å²) in [6, 6.07) is 0. The van der Waals surface area contributed by atoms with Gasteiger partial charge in [0.05, 0.1) is 6.61 Å². The van der Waals surface area contributed by atoms with Crippen molar-refractivity contribution < 1.29 is 4.74 Å². The molecular formula is C11H26N2O. The van der Waals surface area contributed by atoms with Gasteiger partial charge >= 0.3 is 0 Å². The number of hydrogen-bond donors (Lipinski definition) is 0. The van der Waals surface area contributed by atoms with Gasteiger partial charge in [-0.25, -0.2) is 0 Å². The first-order chi connectivity index (χ1) is 6.38. The van der Waals surface area contributed by atoms with E-state index < -0.39 is 0 Å². The summed E-state index contributed by atoms with van der Waals surface area (Å²) in [6.07, 6.45) is 0. The Balaban J connectivity index is 3.61. The van der Waals surface area contributed by atoms with Crippen molar-refractivity contribution in [3.8, 4) is 0 Å². The maximum atomic E-state index is 5.03. The molecule has 0 aromatic heterocycles. The average Bonchev–Trinajstić information content (AvgIpc) is 2.09. The fraction of sp³-hybridized carbons (Fsp3) is 1.00. The van der Waals surface area contributed by atoms with Crippen molar-refractivity contribution in [3.63, 3.8) is 0 Å². The van der Waals surface area contributed by atoms with E-state index in [4.69, 9.17) is 4.74 Å². The van der Waals surface area contributed by atoms with Crippen LogP contribution < -0.4 is 0 Å². The Labute approximate surface area is 89.0 Å². The fourth-order valence-corrected chi connectivity index (χ4v) is 1.02. The molecule has 0 bridgehead atoms. The van der Waals surface area contributed by atoms with E-state index in [1.807, 2.05) is 0 Å². The molecule has 3 heteroatoms. The zero-order valence-corrected chi connectivity index (χ0v) is 10.6. The molecule has 0 aliphatic rings. The van der Waals surface area contributed by atoms with Crippen molar-refractivity contribution >= 4 is 0 Å². The second kappa shape index (κ2) is 6.38. The van der Waals surface area contributed by atoms with E-state index in [9.17, 15) is 0 Å². The summed E-state index contributed by atoms with van der Waals surface area (Å²) in [6.45, 7) is 10.7. The van der Waals surface area contributed by atoms with Crippen LogP contribution in [0.1, 0.15) is 20.8 Å². The standard InChI is InChI=1S/C11H26N2O/c1-11(2,3)13(5)8-7-12(4)9-10-14-6/h7-10H2,1-6H3. The Kier molecular flexibility index (Phi) is 6.33. The minimum Gasteiger partial charge on any atom is -0.383 e. The molecule has 0 atom stereocenters. The minimum atomic E-state index is 0.266. The Morgan fingerprint density at radius 2 is 1.57 bits per heavy atom. The van der Waals surface area contributed by atoms with Gasteiger partial charge in [0, 0.05) is 32.3 Å². The zero-order valence-electron chi connectivity index (χ0n) is 10.6. The zero-order chi connectivity index (χ0) is 11.2. The second-order valence-corrected chi connectivity index (χ2v) is 4.89. The van der Waals surface area contributed by atoms with Crippen LogP contribution in [0.2, 0.25) is 0 Å². The van der Waals surface area contributed by atoms with E-state index in [2.05, 4.69) is 44.7 Å². The van der Waals surface area contributed by atoms with Gasteiger partial charge in [-0.05, 0) is 34.9 Å². The lowest BCUT2D eigenvalue weighted by atomic mass is 10.1. The summed E-state index contributed by atoms with van der Waals surface area (Å²) in [5, 5.41) is 0. The van der Waals surface area contributed by atoms with Crippen LogP contribution in [0.15, 0.2) is 0 Å². The molecule has 0 fully saturated rings. The topological polar surface area (TPSA) is 15.7 Å². The van der Waals surface area contributed by atoms with Gasteiger partial charge in [0.25, 0.3) is 0 Å². The Hall–Kier alpha value is -0.120. The summed E-state index contributed by atoms with van der Waals surface area (Å²) in [7, 11) is 6.05. The van der Waals surface area contributed by atoms with Gasteiger partial charge in [0.15, 0.2) is 0 Å². The normalized spacial score (nSPS) is 12.9. The van der Waals surface area contributed by atoms with Crippen molar-refractivity contribution in [1.82, 2.24) is 9.80 Å². The van der Waals surface area contributed by atoms with Gasteiger partial charge in [-0.15, -0.1) is 0 Å². The van der Waals surface area contributed by atoms with Crippen LogP contribution in [0, 0.1) is 0 Å². The highest BCUT2D eigenvalue weighted by Gasteiger charge is 2.16. The highest BCUT2D eigenvalue weighted by molar-refractivity contribution is 4.73. The lowest BCUT2D eigenvalue weighted by molar-refractivity contribution is 0.130. The van der Waals surface area contributed by atoms with E-state index in [-0.39, 0.29) is 5.54 Å². The molecule has 86 valence electrons. The molecule has 0 aliphatic heterocycles. The van der Waals surface area contributed by atoms with Gasteiger partial charge in [0.1, 0.15) is 0 Å². The number of rotatable bonds is 6. The van der Waals surface area contributed by atoms with E-state index in [0.29, 0.717) is 0 Å². The van der Waals surface area contributed by atoms with Crippen molar-refractivity contribution in [1.29, 1.82) is 0 Å². The first-order valence-corrected chi connectivity index (χ1v) is 5.26. The predicted octanol–water partition coefficient (Wildman–Crippen LogP) is 1.29. The van der Waals surface area contributed by atoms with Crippen molar-refractivity contribution in [2.75, 3.05) is 47.4 Å². The lowest BCUT2D eigenvalue weighted by Crippen LogP contribution is -2.42. The van der Waals surface area contributed by atoms with Crippen LogP contribution >= 0.6 is 0 Å². The maximum Gasteiger partial charge on any atom is 0.0589 e. The van der Waals surface area contributed by atoms with Gasteiger partial charge in [0.2, 0.25) is 0 Å². The number of ether oxygens (including phenoxy) is 1. The van der Waals surface area contributed by atoms with Gasteiger partial charge < -0.3 is 14.5 Å². The summed E-state index contributed by atoms with van der Waals surface area (Å²) < 4.78 is 5.03. The largest absolute Gasteiger partial charge is 0.383 e. The summed E-state index contributed by atoms with van der Waals surface area (Å²) in [5.74, 6) is 0. The van der Waals surface area contributed by atoms with Crippen molar-refractivity contribution in [2.45, 2.75) is 26.3 Å². The molecule has 0 aromatic rings. The average molecular weight is 202 g/mol. The van der Waals surface area contributed by atoms with Gasteiger partial charge in [-0.2, -0.15) is 0 Å². The quantitative estimate of drug-likeness (QED) is 0.645. The first kappa shape index (κ1) is 13.9. The van der Waals surface area contributed by atoms with Gasteiger partial charge in [-0.3, -0.25) is 0 Å². The molecule has 0 aromatic carbocycles. The third-order valence-corrected chi connectivity index (χ3v) is 2.64. The molecule has 0 unspecified atom stereocenters. The molecule has 0 saturated heterocycles. The second-order valence-electron chi connectivity index (χ2n) is 4.89. The number of hydrogen-bond acceptors (Lipinski definition) is 3. The van der Waals surface area contributed by atoms with E-state index in [0.717, 1.165) is 26.2 Å². The SMILES string of the molecule is COCCN(C)CCN(C)C(C)(C)C. The van der Waals surface area contributed by atoms with Crippen LogP contribution in [0.25, 0.3) is 0 Å². The Morgan fingerprint density at radius 1 is 1.00 bits per heavy atom. The molecule has 0 N–H and O–H groups in total. The Morgan fingerprint density at radius 3 is 2.00 bits per heavy atom. The molecule has 0 aliphatic carbocycles. The monoisotopic (exact) mass is 202 g/mol. The third kappa shape index (κ3) is 6.35. The van der Waals surface area contributed by atoms with Gasteiger partial charge in [-0.1, -0.05) is 0 Å². The van der Waals surface area contributed by atoms with Crippen LogP contribution in [0.5, 0.6) is 0 Å². The van der Waals surface area contributed by atoms with Crippen molar-refractivity contribution in [2.24, 2.45) is 0 Å². The first-order valence-electron chi connectivity index (χ1n) is 5.26. The Bertz CT molecular complexity index is 143. The molecule has 0 heterocycles. The predicted molar refractivity (Wildman–Crippen MR) is 61.8 cm³/mol. The minimum absolute atomic E-state index is 0.266. The highest BCUT2D eigenvalue weighted by atomic mass is 16.5. The van der Waals surface area contributed by atoms with E-state index >= 15 is 0 Å². The summed E-state index contributed by atoms with van der Waals surface area (Å²) in [5.41, 5.74) is 0.266. The molecule has 0 spiro atoms. The molecule has 0 radical (unpaired) electrons. The molecule has 0 saturated carbocycles. The molecule has 0 amide bonds. The number of nitrogens with zero attached hydrogens (tertiary/aromatic N) is 2. The highest BCUT2D eigenvalue weighted by Crippen LogP contribution is 2.09. The summed E-state index contributed by atoms with van der Waals surface area (Å²) in [4.78, 5) is 4.67. The van der Waals surface area contributed by atoms with Crippen LogP contribution in [0.3, 0.4) is 0 Å². The molecule has 3 nitrogen and oxygen atoms in total. The molecule has 14 heavy (non-hydrogen) atoms. The maximum absolute atomic E-state index is 5.03. The molecule has 0 rings (SSSR count). The molecular weight excluding hydrogens is 176 g/mol. The van der Waals surface area contributed by atoms with Crippen molar-refractivity contribution in [3.05, 3.63) is 0 Å². The number of likely N-dealkylation sites (N-methyl/N-ethyl adjacent to an activating group) is 2.